The molecule has 0 aromatic carbocycles. The van der Waals surface area contributed by atoms with Crippen LogP contribution in [0.1, 0.15) is 59.3 Å². The average molecular weight is 410 g/mol. The largest absolute Gasteiger partial charge is 0.453 e. The number of allylic oxidation sites excluding steroid dienone is 3. The van der Waals surface area contributed by atoms with Gasteiger partial charge in [0.05, 0.1) is 12.1 Å². The number of esters is 1. The first-order chi connectivity index (χ1) is 13.3. The zero-order chi connectivity index (χ0) is 20.3. The van der Waals surface area contributed by atoms with Gasteiger partial charge in [-0.05, 0) is 45.4 Å². The van der Waals surface area contributed by atoms with Crippen molar-refractivity contribution in [2.24, 2.45) is 5.92 Å². The quantitative estimate of drug-likeness (QED) is 0.507. The predicted octanol–water partition coefficient (Wildman–Crippen LogP) is 3.69. The van der Waals surface area contributed by atoms with Crippen LogP contribution in [-0.4, -0.2) is 46.1 Å². The Morgan fingerprint density at radius 1 is 1.25 bits per heavy atom. The lowest BCUT2D eigenvalue weighted by Crippen LogP contribution is -2.59. The van der Waals surface area contributed by atoms with Crippen LogP contribution in [0, 0.1) is 5.92 Å². The Morgan fingerprint density at radius 3 is 2.75 bits per heavy atom. The molecule has 2 N–H and O–H groups in total. The number of amides is 1. The number of hydrogen-bond acceptors (Lipinski definition) is 6. The summed E-state index contributed by atoms with van der Waals surface area (Å²) in [5.41, 5.74) is 0.652. The molecule has 1 amide bonds. The van der Waals surface area contributed by atoms with Gasteiger partial charge in [-0.3, -0.25) is 4.79 Å². The molecule has 28 heavy (non-hydrogen) atoms. The van der Waals surface area contributed by atoms with Crippen LogP contribution in [0.5, 0.6) is 0 Å². The second-order valence-corrected chi connectivity index (χ2v) is 9.29. The standard InChI is InChI=1S/C21H31NO5S/c1-13-6-4-5-7-14(2)15(3)19(24)27-21(17-12-28-20(25)22-17)10-16(9-8-13)26-18(23)11-21/h4,6,13,16-18,23H,5,7-12H2,1-3H3,(H,22,25)/t13-,16-,17+,18-,21-/m1/s1. The van der Waals surface area contributed by atoms with Gasteiger partial charge >= 0.3 is 5.97 Å². The van der Waals surface area contributed by atoms with Crippen LogP contribution in [0.4, 0.5) is 4.79 Å². The van der Waals surface area contributed by atoms with E-state index in [9.17, 15) is 14.7 Å². The maximum absolute atomic E-state index is 13.0. The third kappa shape index (κ3) is 4.99. The zero-order valence-corrected chi connectivity index (χ0v) is 17.7. The van der Waals surface area contributed by atoms with Crippen LogP contribution >= 0.6 is 11.8 Å². The molecular weight excluding hydrogens is 378 g/mol. The van der Waals surface area contributed by atoms with E-state index in [-0.39, 0.29) is 29.8 Å². The van der Waals surface area contributed by atoms with E-state index in [0.29, 0.717) is 23.7 Å². The molecule has 3 aliphatic heterocycles. The third-order valence-electron chi connectivity index (χ3n) is 6.09. The molecule has 7 heteroatoms. The number of ether oxygens (including phenoxy) is 2. The minimum absolute atomic E-state index is 0.116. The number of carbonyl (C=O) groups is 2. The minimum atomic E-state index is -1.02. The summed E-state index contributed by atoms with van der Waals surface area (Å²) in [5, 5.41) is 13.2. The first-order valence-electron chi connectivity index (χ1n) is 10.1. The van der Waals surface area contributed by atoms with Gasteiger partial charge < -0.3 is 19.9 Å². The van der Waals surface area contributed by atoms with Gasteiger partial charge in [-0.1, -0.05) is 36.4 Å². The van der Waals surface area contributed by atoms with Crippen molar-refractivity contribution >= 4 is 23.0 Å². The molecule has 0 spiro atoms. The summed E-state index contributed by atoms with van der Waals surface area (Å²) in [6, 6.07) is -0.326. The molecule has 2 bridgehead atoms. The molecule has 0 aromatic rings. The number of fused-ring (bicyclic) bond motifs is 2. The third-order valence-corrected chi connectivity index (χ3v) is 6.97. The molecule has 2 saturated heterocycles. The van der Waals surface area contributed by atoms with Gasteiger partial charge in [0.2, 0.25) is 0 Å². The molecule has 6 nitrogen and oxygen atoms in total. The van der Waals surface area contributed by atoms with E-state index < -0.39 is 11.9 Å². The van der Waals surface area contributed by atoms with Gasteiger partial charge in [-0.15, -0.1) is 0 Å². The lowest BCUT2D eigenvalue weighted by Gasteiger charge is -2.45. The first kappa shape index (κ1) is 21.4. The number of nitrogens with one attached hydrogen (secondary N) is 1. The Hall–Kier alpha value is -1.31. The van der Waals surface area contributed by atoms with Crippen molar-refractivity contribution < 1.29 is 24.2 Å². The Kier molecular flexibility index (Phi) is 6.89. The Labute approximate surface area is 171 Å². The molecule has 2 fully saturated rings. The summed E-state index contributed by atoms with van der Waals surface area (Å²) < 4.78 is 11.9. The highest BCUT2D eigenvalue weighted by molar-refractivity contribution is 8.14. The fourth-order valence-corrected chi connectivity index (χ4v) is 5.09. The zero-order valence-electron chi connectivity index (χ0n) is 16.9. The van der Waals surface area contributed by atoms with Crippen molar-refractivity contribution in [1.29, 1.82) is 0 Å². The molecule has 0 aromatic heterocycles. The molecule has 3 aliphatic rings. The average Bonchev–Trinajstić information content (AvgIpc) is 3.08. The number of aliphatic hydroxyl groups excluding tert-OH is 1. The lowest BCUT2D eigenvalue weighted by molar-refractivity contribution is -0.233. The van der Waals surface area contributed by atoms with Gasteiger partial charge in [0, 0.05) is 24.2 Å². The van der Waals surface area contributed by atoms with Crippen LogP contribution in [0.2, 0.25) is 0 Å². The lowest BCUT2D eigenvalue weighted by atomic mass is 9.81. The van der Waals surface area contributed by atoms with E-state index in [1.54, 1.807) is 6.92 Å². The molecule has 0 aliphatic carbocycles. The topological polar surface area (TPSA) is 84.9 Å². The van der Waals surface area contributed by atoms with Crippen molar-refractivity contribution in [2.75, 3.05) is 5.75 Å². The van der Waals surface area contributed by atoms with Crippen molar-refractivity contribution in [3.8, 4) is 0 Å². The van der Waals surface area contributed by atoms with Crippen LogP contribution < -0.4 is 5.32 Å². The molecule has 0 saturated carbocycles. The number of hydrogen-bond donors (Lipinski definition) is 2. The van der Waals surface area contributed by atoms with E-state index in [4.69, 9.17) is 9.47 Å². The van der Waals surface area contributed by atoms with Crippen molar-refractivity contribution in [3.63, 3.8) is 0 Å². The first-order valence-corrected chi connectivity index (χ1v) is 11.1. The molecule has 0 unspecified atom stereocenters. The van der Waals surface area contributed by atoms with Gasteiger partial charge in [0.25, 0.3) is 5.24 Å². The van der Waals surface area contributed by atoms with Crippen molar-refractivity contribution in [2.45, 2.75) is 83.3 Å². The number of aliphatic hydroxyl groups is 1. The summed E-state index contributed by atoms with van der Waals surface area (Å²) >= 11 is 1.19. The minimum Gasteiger partial charge on any atom is -0.453 e. The molecule has 3 heterocycles. The van der Waals surface area contributed by atoms with Gasteiger partial charge in [0.15, 0.2) is 6.29 Å². The number of carbonyl (C=O) groups excluding carboxylic acids is 2. The SMILES string of the molecule is CC1=C(C)C(=O)O[C@]2([C@@H]3CSC(=O)N3)C[C@@H](CC[C@H](C)C=CCC1)O[C@@H](O)C2. The maximum Gasteiger partial charge on any atom is 0.334 e. The van der Waals surface area contributed by atoms with E-state index in [0.717, 1.165) is 31.3 Å². The van der Waals surface area contributed by atoms with Crippen molar-refractivity contribution in [3.05, 3.63) is 23.3 Å². The van der Waals surface area contributed by atoms with Crippen LogP contribution in [-0.2, 0) is 14.3 Å². The monoisotopic (exact) mass is 409 g/mol. The predicted molar refractivity (Wildman–Crippen MR) is 109 cm³/mol. The maximum atomic E-state index is 13.0. The fraction of sp³-hybridized carbons (Fsp3) is 0.714. The van der Waals surface area contributed by atoms with Crippen LogP contribution in [0.25, 0.3) is 0 Å². The summed E-state index contributed by atoms with van der Waals surface area (Å²) in [6.45, 7) is 5.93. The second-order valence-electron chi connectivity index (χ2n) is 8.30. The van der Waals surface area contributed by atoms with Crippen LogP contribution in [0.15, 0.2) is 23.3 Å². The smallest absolute Gasteiger partial charge is 0.334 e. The molecule has 156 valence electrons. The van der Waals surface area contributed by atoms with Gasteiger partial charge in [0.1, 0.15) is 5.60 Å². The summed E-state index contributed by atoms with van der Waals surface area (Å²) in [7, 11) is 0. The van der Waals surface area contributed by atoms with Gasteiger partial charge in [-0.2, -0.15) is 0 Å². The highest BCUT2D eigenvalue weighted by Gasteiger charge is 2.52. The van der Waals surface area contributed by atoms with Crippen molar-refractivity contribution in [1.82, 2.24) is 5.32 Å². The number of rotatable bonds is 1. The van der Waals surface area contributed by atoms with E-state index in [1.807, 2.05) is 6.92 Å². The molecule has 3 rings (SSSR count). The molecule has 0 radical (unpaired) electrons. The molecule has 5 atom stereocenters. The Morgan fingerprint density at radius 2 is 2.04 bits per heavy atom. The van der Waals surface area contributed by atoms with E-state index >= 15 is 0 Å². The Bertz CT molecular complexity index is 676. The van der Waals surface area contributed by atoms with E-state index in [2.05, 4.69) is 24.4 Å². The van der Waals surface area contributed by atoms with Gasteiger partial charge in [-0.25, -0.2) is 4.79 Å². The van der Waals surface area contributed by atoms with E-state index in [1.165, 1.54) is 11.8 Å². The second kappa shape index (κ2) is 9.01. The summed E-state index contributed by atoms with van der Waals surface area (Å²) in [4.78, 5) is 24.8. The normalized spacial score (nSPS) is 38.0. The Balaban J connectivity index is 1.93. The highest BCUT2D eigenvalue weighted by atomic mass is 32.2. The fourth-order valence-electron chi connectivity index (χ4n) is 4.16. The highest BCUT2D eigenvalue weighted by Crippen LogP contribution is 2.40. The summed E-state index contributed by atoms with van der Waals surface area (Å²) in [6.07, 6.45) is 7.19. The van der Waals surface area contributed by atoms with Crippen LogP contribution in [0.3, 0.4) is 0 Å². The number of thioether (sulfide) groups is 1. The summed E-state index contributed by atoms with van der Waals surface area (Å²) in [5.74, 6) is 0.562. The molecular formula is C21H31NO5S.